The van der Waals surface area contributed by atoms with E-state index in [2.05, 4.69) is 14.5 Å². The average molecular weight is 415 g/mol. The quantitative estimate of drug-likeness (QED) is 0.681. The number of aromatic nitrogens is 3. The maximum absolute atomic E-state index is 11.2. The molecule has 2 aliphatic rings. The van der Waals surface area contributed by atoms with Crippen molar-refractivity contribution < 1.29 is 14.6 Å². The van der Waals surface area contributed by atoms with E-state index in [0.717, 1.165) is 16.6 Å². The van der Waals surface area contributed by atoms with Crippen LogP contribution < -0.4 is 5.73 Å². The Labute approximate surface area is 173 Å². The lowest BCUT2D eigenvalue weighted by molar-refractivity contribution is -0.165. The van der Waals surface area contributed by atoms with Gasteiger partial charge in [-0.15, -0.1) is 0 Å². The molecule has 0 bridgehead atoms. The summed E-state index contributed by atoms with van der Waals surface area (Å²) in [6.07, 6.45) is 2.98. The van der Waals surface area contributed by atoms with Crippen molar-refractivity contribution in [3.63, 3.8) is 0 Å². The predicted octanol–water partition coefficient (Wildman–Crippen LogP) is 3.48. The van der Waals surface area contributed by atoms with Crippen molar-refractivity contribution in [2.75, 3.05) is 5.73 Å². The average Bonchev–Trinajstić information content (AvgIpc) is 3.33. The number of hydrogen-bond donors (Lipinski definition) is 2. The first kappa shape index (κ1) is 18.8. The normalized spacial score (nSPS) is 29.2. The Morgan fingerprint density at radius 1 is 1.17 bits per heavy atom. The van der Waals surface area contributed by atoms with Gasteiger partial charge in [-0.1, -0.05) is 23.7 Å². The lowest BCUT2D eigenvalue weighted by atomic mass is 9.92. The van der Waals surface area contributed by atoms with Crippen LogP contribution in [0.2, 0.25) is 5.02 Å². The van der Waals surface area contributed by atoms with Gasteiger partial charge in [0.2, 0.25) is 0 Å². The smallest absolute Gasteiger partial charge is 0.163 e. The molecule has 3 N–H and O–H groups in total. The van der Waals surface area contributed by atoms with Crippen LogP contribution in [-0.2, 0) is 9.47 Å². The monoisotopic (exact) mass is 414 g/mol. The van der Waals surface area contributed by atoms with Crippen molar-refractivity contribution in [1.29, 1.82) is 0 Å². The van der Waals surface area contributed by atoms with Gasteiger partial charge < -0.3 is 24.9 Å². The van der Waals surface area contributed by atoms with Crippen molar-refractivity contribution in [3.05, 3.63) is 53.4 Å². The van der Waals surface area contributed by atoms with Crippen molar-refractivity contribution in [2.45, 2.75) is 50.4 Å². The maximum Gasteiger partial charge on any atom is 0.163 e. The number of nitrogen functional groups attached to an aromatic ring is 1. The molecule has 0 spiro atoms. The number of fused-ring (bicyclic) bond motifs is 2. The Kier molecular flexibility index (Phi) is 4.33. The molecular weight excluding hydrogens is 392 g/mol. The molecule has 3 heterocycles. The fraction of sp³-hybridized carbons (Fsp3) is 0.429. The summed E-state index contributed by atoms with van der Waals surface area (Å²) in [5.74, 6) is -0.405. The number of aliphatic hydroxyl groups excluding tert-OH is 1. The molecule has 2 fully saturated rings. The molecule has 3 aromatic rings. The number of ether oxygens (including phenoxy) is 2. The van der Waals surface area contributed by atoms with E-state index in [9.17, 15) is 5.11 Å². The number of hydrogen-bond acceptors (Lipinski definition) is 6. The predicted molar refractivity (Wildman–Crippen MR) is 109 cm³/mol. The first-order valence-electron chi connectivity index (χ1n) is 9.70. The highest BCUT2D eigenvalue weighted by Crippen LogP contribution is 2.51. The van der Waals surface area contributed by atoms with Gasteiger partial charge in [0.05, 0.1) is 23.6 Å². The minimum Gasteiger partial charge on any atom is -0.388 e. The molecule has 1 aliphatic carbocycles. The van der Waals surface area contributed by atoms with E-state index in [0.29, 0.717) is 17.3 Å². The van der Waals surface area contributed by atoms with Crippen LogP contribution in [0.3, 0.4) is 0 Å². The lowest BCUT2D eigenvalue weighted by Gasteiger charge is -2.26. The molecule has 1 saturated carbocycles. The van der Waals surface area contributed by atoms with Crippen molar-refractivity contribution in [2.24, 2.45) is 5.92 Å². The second kappa shape index (κ2) is 6.67. The molecule has 1 aliphatic heterocycles. The topological polar surface area (TPSA) is 95.4 Å². The number of nitrogens with zero attached hydrogens (tertiary/aromatic N) is 3. The third-order valence-corrected chi connectivity index (χ3v) is 6.24. The molecular formula is C21H23ClN4O3. The van der Waals surface area contributed by atoms with Crippen LogP contribution in [0.5, 0.6) is 0 Å². The molecule has 5 atom stereocenters. The van der Waals surface area contributed by atoms with Crippen LogP contribution in [0.25, 0.3) is 11.0 Å². The molecule has 29 heavy (non-hydrogen) atoms. The SMILES string of the molecule is CC1(C)O[C@@H]2[C@H](O1)[C@@H](C(O)c1ccc(Cl)cc1)C[C@H]2n1ccc2c(N)ncnc21. The number of rotatable bonds is 3. The number of halogens is 1. The highest BCUT2D eigenvalue weighted by Gasteiger charge is 2.56. The molecule has 2 aromatic heterocycles. The van der Waals surface area contributed by atoms with E-state index in [1.165, 1.54) is 6.33 Å². The molecule has 7 nitrogen and oxygen atoms in total. The Balaban J connectivity index is 1.53. The summed E-state index contributed by atoms with van der Waals surface area (Å²) in [4.78, 5) is 8.51. The molecule has 1 saturated heterocycles. The maximum atomic E-state index is 11.2. The summed E-state index contributed by atoms with van der Waals surface area (Å²) in [7, 11) is 0. The highest BCUT2D eigenvalue weighted by molar-refractivity contribution is 6.30. The number of benzene rings is 1. The number of anilines is 1. The van der Waals surface area contributed by atoms with Gasteiger partial charge in [0.15, 0.2) is 5.79 Å². The second-order valence-corrected chi connectivity index (χ2v) is 8.68. The zero-order valence-corrected chi connectivity index (χ0v) is 17.0. The first-order chi connectivity index (χ1) is 13.8. The zero-order chi connectivity index (χ0) is 20.3. The van der Waals surface area contributed by atoms with Gasteiger partial charge in [-0.2, -0.15) is 0 Å². The second-order valence-electron chi connectivity index (χ2n) is 8.25. The molecule has 152 valence electrons. The Hall–Kier alpha value is -2.19. The van der Waals surface area contributed by atoms with E-state index in [1.807, 2.05) is 38.2 Å². The molecule has 1 aromatic carbocycles. The summed E-state index contributed by atoms with van der Waals surface area (Å²) in [6.45, 7) is 3.81. The Morgan fingerprint density at radius 2 is 1.90 bits per heavy atom. The summed E-state index contributed by atoms with van der Waals surface area (Å²) >= 11 is 6.01. The molecule has 0 radical (unpaired) electrons. The zero-order valence-electron chi connectivity index (χ0n) is 16.2. The standard InChI is InChI=1S/C21H23ClN4O3/c1-21(2)28-17-14(16(27)11-3-5-12(22)6-4-11)9-15(18(17)29-21)26-8-7-13-19(23)24-10-25-20(13)26/h3-8,10,14-18,27H,9H2,1-2H3,(H2,23,24,25)/t14-,15-,16?,17-,18+/m1/s1. The van der Waals surface area contributed by atoms with Gasteiger partial charge in [-0.3, -0.25) is 0 Å². The van der Waals surface area contributed by atoms with Gasteiger partial charge in [-0.05, 0) is 44.0 Å². The van der Waals surface area contributed by atoms with E-state index in [-0.39, 0.29) is 24.2 Å². The fourth-order valence-corrected chi connectivity index (χ4v) is 4.86. The van der Waals surface area contributed by atoms with Gasteiger partial charge in [0, 0.05) is 17.1 Å². The van der Waals surface area contributed by atoms with E-state index in [1.54, 1.807) is 12.1 Å². The molecule has 5 rings (SSSR count). The third-order valence-electron chi connectivity index (χ3n) is 5.99. The molecule has 8 heteroatoms. The largest absolute Gasteiger partial charge is 0.388 e. The van der Waals surface area contributed by atoms with E-state index in [4.69, 9.17) is 26.8 Å². The van der Waals surface area contributed by atoms with Gasteiger partial charge in [-0.25, -0.2) is 9.97 Å². The Bertz CT molecular complexity index is 1050. The molecule has 1 unspecified atom stereocenters. The van der Waals surface area contributed by atoms with Crippen LogP contribution in [0.15, 0.2) is 42.9 Å². The highest BCUT2D eigenvalue weighted by atomic mass is 35.5. The minimum absolute atomic E-state index is 0.0412. The number of aliphatic hydroxyl groups is 1. The van der Waals surface area contributed by atoms with Crippen molar-refractivity contribution in [1.82, 2.24) is 14.5 Å². The van der Waals surface area contributed by atoms with Crippen molar-refractivity contribution in [3.8, 4) is 0 Å². The number of nitrogens with two attached hydrogens (primary N) is 1. The fourth-order valence-electron chi connectivity index (χ4n) is 4.74. The lowest BCUT2D eigenvalue weighted by Crippen LogP contribution is -2.29. The Morgan fingerprint density at radius 3 is 2.66 bits per heavy atom. The van der Waals surface area contributed by atoms with Gasteiger partial charge >= 0.3 is 0 Å². The van der Waals surface area contributed by atoms with E-state index >= 15 is 0 Å². The van der Waals surface area contributed by atoms with Crippen LogP contribution in [0.1, 0.15) is 38.0 Å². The minimum atomic E-state index is -0.719. The van der Waals surface area contributed by atoms with Crippen LogP contribution in [0.4, 0.5) is 5.82 Å². The van der Waals surface area contributed by atoms with Crippen LogP contribution in [0, 0.1) is 5.92 Å². The van der Waals surface area contributed by atoms with Gasteiger partial charge in [0.1, 0.15) is 23.9 Å². The van der Waals surface area contributed by atoms with E-state index < -0.39 is 11.9 Å². The van der Waals surface area contributed by atoms with Crippen molar-refractivity contribution >= 4 is 28.5 Å². The van der Waals surface area contributed by atoms with Gasteiger partial charge in [0.25, 0.3) is 0 Å². The summed E-state index contributed by atoms with van der Waals surface area (Å²) in [5.41, 5.74) is 7.59. The summed E-state index contributed by atoms with van der Waals surface area (Å²) in [6, 6.07) is 9.17. The molecule has 0 amide bonds. The van der Waals surface area contributed by atoms with Crippen LogP contribution >= 0.6 is 11.6 Å². The summed E-state index contributed by atoms with van der Waals surface area (Å²) < 4.78 is 14.6. The first-order valence-corrected chi connectivity index (χ1v) is 10.1. The summed E-state index contributed by atoms with van der Waals surface area (Å²) in [5, 5.41) is 12.6. The third kappa shape index (κ3) is 3.09. The van der Waals surface area contributed by atoms with Crippen LogP contribution in [-0.4, -0.2) is 37.6 Å².